The summed E-state index contributed by atoms with van der Waals surface area (Å²) >= 11 is 0. The van der Waals surface area contributed by atoms with E-state index in [1.54, 1.807) is 43.3 Å². The van der Waals surface area contributed by atoms with Crippen LogP contribution >= 0.6 is 0 Å². The lowest BCUT2D eigenvalue weighted by Gasteiger charge is -2.34. The van der Waals surface area contributed by atoms with E-state index < -0.39 is 26.1 Å². The quantitative estimate of drug-likeness (QED) is 0.864. The molecular weight excluding hydrogens is 372 g/mol. The maximum atomic E-state index is 12.9. The van der Waals surface area contributed by atoms with Crippen molar-refractivity contribution in [2.24, 2.45) is 0 Å². The van der Waals surface area contributed by atoms with Gasteiger partial charge in [-0.1, -0.05) is 35.9 Å². The maximum Gasteiger partial charge on any atom is 0.241 e. The van der Waals surface area contributed by atoms with Crippen LogP contribution in [0.25, 0.3) is 0 Å². The number of benzene rings is 2. The molecule has 0 aliphatic carbocycles. The molecule has 2 aromatic rings. The first-order valence-corrected chi connectivity index (χ1v) is 11.6. The zero-order chi connectivity index (χ0) is 19.1. The topological polar surface area (TPSA) is 83.6 Å². The molecule has 1 unspecified atom stereocenters. The first kappa shape index (κ1) is 18.9. The number of aryl methyl sites for hydroxylation is 2. The summed E-state index contributed by atoms with van der Waals surface area (Å²) in [5.74, 6) is 0. The van der Waals surface area contributed by atoms with Gasteiger partial charge in [-0.15, -0.1) is 0 Å². The molecule has 0 aromatic heterocycles. The van der Waals surface area contributed by atoms with Gasteiger partial charge in [-0.25, -0.2) is 21.6 Å². The van der Waals surface area contributed by atoms with E-state index in [0.717, 1.165) is 11.8 Å². The predicted molar refractivity (Wildman–Crippen MR) is 102 cm³/mol. The van der Waals surface area contributed by atoms with Crippen LogP contribution in [0, 0.1) is 13.8 Å². The zero-order valence-corrected chi connectivity index (χ0v) is 16.6. The van der Waals surface area contributed by atoms with Gasteiger partial charge in [-0.05, 0) is 43.5 Å². The Morgan fingerprint density at radius 3 is 2.38 bits per heavy atom. The van der Waals surface area contributed by atoms with E-state index in [1.807, 2.05) is 13.0 Å². The summed E-state index contributed by atoms with van der Waals surface area (Å²) in [7, 11) is -7.13. The van der Waals surface area contributed by atoms with Crippen LogP contribution in [0.5, 0.6) is 0 Å². The van der Waals surface area contributed by atoms with E-state index in [0.29, 0.717) is 23.2 Å². The number of nitrogens with zero attached hydrogens (tertiary/aromatic N) is 1. The van der Waals surface area contributed by atoms with Crippen molar-refractivity contribution in [3.05, 3.63) is 59.2 Å². The molecule has 140 valence electrons. The minimum atomic E-state index is -3.72. The average molecular weight is 395 g/mol. The van der Waals surface area contributed by atoms with E-state index >= 15 is 0 Å². The van der Waals surface area contributed by atoms with Crippen molar-refractivity contribution in [1.82, 2.24) is 4.72 Å². The van der Waals surface area contributed by atoms with Crippen molar-refractivity contribution < 1.29 is 16.8 Å². The lowest BCUT2D eigenvalue weighted by atomic mass is 9.99. The van der Waals surface area contributed by atoms with Crippen LogP contribution in [0.3, 0.4) is 0 Å². The maximum absolute atomic E-state index is 12.9. The SMILES string of the molecule is Cc1ccc(S(=O)(=O)NC2CCN(S(C)(=O)=O)c3ccccc32)c(C)c1. The van der Waals surface area contributed by atoms with Gasteiger partial charge in [0.05, 0.1) is 22.9 Å². The lowest BCUT2D eigenvalue weighted by molar-refractivity contribution is 0.530. The van der Waals surface area contributed by atoms with Crippen LogP contribution in [0.2, 0.25) is 0 Å². The molecule has 1 heterocycles. The highest BCUT2D eigenvalue weighted by atomic mass is 32.2. The Labute approximate surface area is 155 Å². The minimum Gasteiger partial charge on any atom is -0.270 e. The molecule has 1 atom stereocenters. The molecule has 0 saturated carbocycles. The van der Waals surface area contributed by atoms with Gasteiger partial charge in [0.1, 0.15) is 0 Å². The molecule has 1 N–H and O–H groups in total. The molecule has 0 fully saturated rings. The molecule has 0 amide bonds. The van der Waals surface area contributed by atoms with Crippen LogP contribution < -0.4 is 9.03 Å². The zero-order valence-electron chi connectivity index (χ0n) is 14.9. The Kier molecular flexibility index (Phi) is 4.85. The molecule has 1 aliphatic heterocycles. The van der Waals surface area contributed by atoms with Gasteiger partial charge in [0.2, 0.25) is 20.0 Å². The first-order chi connectivity index (χ1) is 12.1. The minimum absolute atomic E-state index is 0.232. The van der Waals surface area contributed by atoms with Crippen LogP contribution in [-0.4, -0.2) is 29.6 Å². The highest BCUT2D eigenvalue weighted by Crippen LogP contribution is 2.36. The van der Waals surface area contributed by atoms with Crippen LogP contribution in [0.4, 0.5) is 5.69 Å². The number of hydrogen-bond acceptors (Lipinski definition) is 4. The van der Waals surface area contributed by atoms with E-state index in [2.05, 4.69) is 4.72 Å². The fourth-order valence-electron chi connectivity index (χ4n) is 3.35. The number of nitrogens with one attached hydrogen (secondary N) is 1. The van der Waals surface area contributed by atoms with Crippen LogP contribution in [0.15, 0.2) is 47.4 Å². The first-order valence-electron chi connectivity index (χ1n) is 8.26. The molecular formula is C18H22N2O4S2. The molecule has 3 rings (SSSR count). The summed E-state index contributed by atoms with van der Waals surface area (Å²) in [6, 6.07) is 11.7. The highest BCUT2D eigenvalue weighted by Gasteiger charge is 2.32. The lowest BCUT2D eigenvalue weighted by Crippen LogP contribution is -2.40. The van der Waals surface area contributed by atoms with E-state index in [4.69, 9.17) is 0 Å². The van der Waals surface area contributed by atoms with Gasteiger partial charge >= 0.3 is 0 Å². The Bertz CT molecular complexity index is 1050. The molecule has 8 heteroatoms. The fraction of sp³-hybridized carbons (Fsp3) is 0.333. The van der Waals surface area contributed by atoms with Crippen molar-refractivity contribution in [1.29, 1.82) is 0 Å². The molecule has 2 aromatic carbocycles. The number of hydrogen-bond donors (Lipinski definition) is 1. The van der Waals surface area contributed by atoms with Crippen LogP contribution in [-0.2, 0) is 20.0 Å². The Morgan fingerprint density at radius 2 is 1.73 bits per heavy atom. The summed E-state index contributed by atoms with van der Waals surface area (Å²) in [5.41, 5.74) is 2.86. The molecule has 26 heavy (non-hydrogen) atoms. The summed E-state index contributed by atoms with van der Waals surface area (Å²) in [6.07, 6.45) is 1.53. The Morgan fingerprint density at radius 1 is 1.04 bits per heavy atom. The number of anilines is 1. The standard InChI is InChI=1S/C18H22N2O4S2/c1-13-8-9-18(14(2)12-13)26(23,24)19-16-10-11-20(25(3,21)22)17-7-5-4-6-15(16)17/h4-9,12,16,19H,10-11H2,1-3H3. The summed E-state index contributed by atoms with van der Waals surface area (Å²) < 4.78 is 53.9. The third kappa shape index (κ3) is 3.62. The average Bonchev–Trinajstić information content (AvgIpc) is 2.53. The Hall–Kier alpha value is -1.90. The summed E-state index contributed by atoms with van der Waals surface area (Å²) in [5, 5.41) is 0. The van der Waals surface area contributed by atoms with Crippen molar-refractivity contribution in [3.63, 3.8) is 0 Å². The fourth-order valence-corrected chi connectivity index (χ4v) is 5.79. The van der Waals surface area contributed by atoms with Gasteiger partial charge < -0.3 is 0 Å². The second kappa shape index (κ2) is 6.68. The third-order valence-corrected chi connectivity index (χ3v) is 7.33. The van der Waals surface area contributed by atoms with Gasteiger partial charge in [0.15, 0.2) is 0 Å². The van der Waals surface area contributed by atoms with Crippen molar-refractivity contribution in [2.45, 2.75) is 31.2 Å². The number of fused-ring (bicyclic) bond motifs is 1. The van der Waals surface area contributed by atoms with E-state index in [9.17, 15) is 16.8 Å². The second-order valence-corrected chi connectivity index (χ2v) is 10.2. The van der Waals surface area contributed by atoms with Crippen LogP contribution in [0.1, 0.15) is 29.2 Å². The van der Waals surface area contributed by atoms with E-state index in [-0.39, 0.29) is 11.4 Å². The molecule has 6 nitrogen and oxygen atoms in total. The molecule has 1 aliphatic rings. The van der Waals surface area contributed by atoms with Gasteiger partial charge in [-0.2, -0.15) is 0 Å². The summed E-state index contributed by atoms with van der Waals surface area (Å²) in [4.78, 5) is 0.242. The molecule has 0 saturated heterocycles. The predicted octanol–water partition coefficient (Wildman–Crippen LogP) is 2.49. The number of para-hydroxylation sites is 1. The monoisotopic (exact) mass is 394 g/mol. The number of rotatable bonds is 4. The largest absolute Gasteiger partial charge is 0.270 e. The third-order valence-electron chi connectivity index (χ3n) is 4.52. The molecule has 0 bridgehead atoms. The van der Waals surface area contributed by atoms with Gasteiger partial charge in [-0.3, -0.25) is 4.31 Å². The van der Waals surface area contributed by atoms with Crippen molar-refractivity contribution in [3.8, 4) is 0 Å². The van der Waals surface area contributed by atoms with Gasteiger partial charge in [0.25, 0.3) is 0 Å². The second-order valence-electron chi connectivity index (χ2n) is 6.63. The smallest absolute Gasteiger partial charge is 0.241 e. The molecule has 0 radical (unpaired) electrons. The van der Waals surface area contributed by atoms with Crippen molar-refractivity contribution in [2.75, 3.05) is 17.1 Å². The number of sulfonamides is 2. The molecule has 0 spiro atoms. The van der Waals surface area contributed by atoms with Crippen molar-refractivity contribution >= 4 is 25.7 Å². The van der Waals surface area contributed by atoms with E-state index in [1.165, 1.54) is 4.31 Å². The highest BCUT2D eigenvalue weighted by molar-refractivity contribution is 7.92. The normalized spacial score (nSPS) is 17.8. The van der Waals surface area contributed by atoms with Gasteiger partial charge in [0, 0.05) is 6.54 Å². The Balaban J connectivity index is 1.98. The summed E-state index contributed by atoms with van der Waals surface area (Å²) in [6.45, 7) is 3.91.